The number of ketones is 1. The lowest BCUT2D eigenvalue weighted by molar-refractivity contribution is -0.148. The van der Waals surface area contributed by atoms with Gasteiger partial charge in [-0.15, -0.1) is 0 Å². The summed E-state index contributed by atoms with van der Waals surface area (Å²) in [6.45, 7) is 1.87. The second-order valence-corrected chi connectivity index (χ2v) is 7.86. The van der Waals surface area contributed by atoms with E-state index in [1.807, 2.05) is 18.2 Å². The number of benzene rings is 1. The minimum atomic E-state index is -0.503. The van der Waals surface area contributed by atoms with Crippen molar-refractivity contribution in [3.8, 4) is 0 Å². The molecule has 1 amide bonds. The van der Waals surface area contributed by atoms with Crippen LogP contribution in [0.3, 0.4) is 0 Å². The minimum Gasteiger partial charge on any atom is -0.456 e. The van der Waals surface area contributed by atoms with E-state index in [1.165, 1.54) is 17.5 Å². The summed E-state index contributed by atoms with van der Waals surface area (Å²) in [4.78, 5) is 36.1. The van der Waals surface area contributed by atoms with Crippen molar-refractivity contribution in [2.75, 3.05) is 6.61 Å². The van der Waals surface area contributed by atoms with Crippen molar-refractivity contribution in [2.45, 2.75) is 70.8 Å². The number of fused-ring (bicyclic) bond motifs is 1. The lowest BCUT2D eigenvalue weighted by Gasteiger charge is -2.29. The van der Waals surface area contributed by atoms with Gasteiger partial charge in [0.2, 0.25) is 0 Å². The first-order chi connectivity index (χ1) is 13.0. The Hall–Kier alpha value is -2.17. The van der Waals surface area contributed by atoms with Gasteiger partial charge >= 0.3 is 5.97 Å². The number of carbonyl (C=O) groups is 3. The second-order valence-electron chi connectivity index (χ2n) is 7.86. The summed E-state index contributed by atoms with van der Waals surface area (Å²) < 4.78 is 5.04. The third-order valence-corrected chi connectivity index (χ3v) is 5.80. The SMILES string of the molecule is CC1CCCCC1NC(=O)COC(=O)CCC(=O)c1ccc2c(c1)CCC2. The van der Waals surface area contributed by atoms with Crippen molar-refractivity contribution in [3.05, 3.63) is 34.9 Å². The van der Waals surface area contributed by atoms with Crippen molar-refractivity contribution in [3.63, 3.8) is 0 Å². The summed E-state index contributed by atoms with van der Waals surface area (Å²) in [6.07, 6.45) is 7.79. The van der Waals surface area contributed by atoms with Crippen molar-refractivity contribution < 1.29 is 19.1 Å². The first-order valence-corrected chi connectivity index (χ1v) is 10.1. The molecule has 0 radical (unpaired) electrons. The molecule has 1 saturated carbocycles. The van der Waals surface area contributed by atoms with E-state index in [0.717, 1.165) is 38.5 Å². The smallest absolute Gasteiger partial charge is 0.306 e. The normalized spacial score (nSPS) is 21.4. The number of nitrogens with one attached hydrogen (secondary N) is 1. The Balaban J connectivity index is 1.38. The molecule has 5 heteroatoms. The molecule has 27 heavy (non-hydrogen) atoms. The molecule has 3 rings (SSSR count). The van der Waals surface area contributed by atoms with E-state index in [1.54, 1.807) is 0 Å². The molecule has 0 aromatic heterocycles. The van der Waals surface area contributed by atoms with Gasteiger partial charge < -0.3 is 10.1 Å². The predicted molar refractivity (Wildman–Crippen MR) is 103 cm³/mol. The fourth-order valence-electron chi connectivity index (χ4n) is 4.10. The molecule has 0 saturated heterocycles. The Labute approximate surface area is 160 Å². The molecule has 0 heterocycles. The zero-order valence-corrected chi connectivity index (χ0v) is 16.1. The first kappa shape index (κ1) is 19.6. The Morgan fingerprint density at radius 1 is 1.04 bits per heavy atom. The quantitative estimate of drug-likeness (QED) is 0.589. The predicted octanol–water partition coefficient (Wildman–Crippen LogP) is 3.38. The van der Waals surface area contributed by atoms with E-state index in [0.29, 0.717) is 11.5 Å². The minimum absolute atomic E-state index is 0.00301. The van der Waals surface area contributed by atoms with E-state index in [-0.39, 0.29) is 37.2 Å². The summed E-state index contributed by atoms with van der Waals surface area (Å²) in [5, 5.41) is 2.96. The molecular weight excluding hydrogens is 342 g/mol. The fraction of sp³-hybridized carbons (Fsp3) is 0.591. The van der Waals surface area contributed by atoms with Crippen molar-refractivity contribution >= 4 is 17.7 Å². The maximum Gasteiger partial charge on any atom is 0.306 e. The number of ether oxygens (including phenoxy) is 1. The summed E-state index contributed by atoms with van der Waals surface area (Å²) in [6, 6.07) is 5.99. The van der Waals surface area contributed by atoms with Crippen LogP contribution in [0, 0.1) is 5.92 Å². The van der Waals surface area contributed by atoms with Crippen LogP contribution in [-0.4, -0.2) is 30.3 Å². The molecule has 0 bridgehead atoms. The average Bonchev–Trinajstić information content (AvgIpc) is 3.14. The third-order valence-electron chi connectivity index (χ3n) is 5.80. The zero-order chi connectivity index (χ0) is 19.2. The van der Waals surface area contributed by atoms with Crippen LogP contribution in [0.25, 0.3) is 0 Å². The van der Waals surface area contributed by atoms with E-state index < -0.39 is 5.97 Å². The van der Waals surface area contributed by atoms with Crippen LogP contribution in [0.1, 0.15) is 73.4 Å². The molecule has 0 aliphatic heterocycles. The van der Waals surface area contributed by atoms with Crippen molar-refractivity contribution in [2.24, 2.45) is 5.92 Å². The summed E-state index contributed by atoms with van der Waals surface area (Å²) >= 11 is 0. The monoisotopic (exact) mass is 371 g/mol. The van der Waals surface area contributed by atoms with Crippen molar-refractivity contribution in [1.82, 2.24) is 5.32 Å². The molecule has 2 aliphatic carbocycles. The third kappa shape index (κ3) is 5.41. The van der Waals surface area contributed by atoms with Crippen LogP contribution in [0.5, 0.6) is 0 Å². The molecule has 1 aromatic rings. The standard InChI is InChI=1S/C22H29NO4/c1-15-5-2-3-8-19(15)23-21(25)14-27-22(26)12-11-20(24)18-10-9-16-6-4-7-17(16)13-18/h9-10,13,15,19H,2-8,11-12,14H2,1H3,(H,23,25). The van der Waals surface area contributed by atoms with Gasteiger partial charge in [-0.2, -0.15) is 0 Å². The molecule has 1 N–H and O–H groups in total. The maximum atomic E-state index is 12.3. The zero-order valence-electron chi connectivity index (χ0n) is 16.1. The van der Waals surface area contributed by atoms with Crippen LogP contribution < -0.4 is 5.32 Å². The van der Waals surface area contributed by atoms with Gasteiger partial charge in [0.05, 0.1) is 6.42 Å². The largest absolute Gasteiger partial charge is 0.456 e. The van der Waals surface area contributed by atoms with E-state index >= 15 is 0 Å². The Morgan fingerprint density at radius 2 is 1.81 bits per heavy atom. The lowest BCUT2D eigenvalue weighted by Crippen LogP contribution is -2.42. The van der Waals surface area contributed by atoms with Crippen molar-refractivity contribution in [1.29, 1.82) is 0 Å². The topological polar surface area (TPSA) is 72.5 Å². The molecule has 2 aliphatic rings. The summed E-state index contributed by atoms with van der Waals surface area (Å²) in [7, 11) is 0. The van der Waals surface area contributed by atoms with Gasteiger partial charge in [-0.25, -0.2) is 0 Å². The number of hydrogen-bond donors (Lipinski definition) is 1. The fourth-order valence-corrected chi connectivity index (χ4v) is 4.10. The van der Waals surface area contributed by atoms with Gasteiger partial charge in [0.25, 0.3) is 5.91 Å². The average molecular weight is 371 g/mol. The molecule has 146 valence electrons. The number of carbonyl (C=O) groups excluding carboxylic acids is 3. The first-order valence-electron chi connectivity index (χ1n) is 10.1. The summed E-state index contributed by atoms with van der Waals surface area (Å²) in [5.74, 6) is -0.353. The van der Waals surface area contributed by atoms with Crippen LogP contribution >= 0.6 is 0 Å². The maximum absolute atomic E-state index is 12.3. The van der Waals surface area contributed by atoms with Gasteiger partial charge in [0, 0.05) is 18.0 Å². The van der Waals surface area contributed by atoms with Crippen LogP contribution in [0.4, 0.5) is 0 Å². The molecule has 2 unspecified atom stereocenters. The molecule has 5 nitrogen and oxygen atoms in total. The summed E-state index contributed by atoms with van der Waals surface area (Å²) in [5.41, 5.74) is 3.23. The van der Waals surface area contributed by atoms with Gasteiger partial charge in [0.15, 0.2) is 12.4 Å². The van der Waals surface area contributed by atoms with Crippen LogP contribution in [-0.2, 0) is 27.2 Å². The molecular formula is C22H29NO4. The Kier molecular flexibility index (Phi) is 6.64. The van der Waals surface area contributed by atoms with E-state index in [4.69, 9.17) is 4.74 Å². The van der Waals surface area contributed by atoms with E-state index in [9.17, 15) is 14.4 Å². The number of esters is 1. The lowest BCUT2D eigenvalue weighted by atomic mass is 9.86. The highest BCUT2D eigenvalue weighted by atomic mass is 16.5. The molecule has 1 aromatic carbocycles. The highest BCUT2D eigenvalue weighted by Gasteiger charge is 2.23. The van der Waals surface area contributed by atoms with Gasteiger partial charge in [-0.3, -0.25) is 14.4 Å². The number of amides is 1. The number of rotatable bonds is 7. The van der Waals surface area contributed by atoms with Crippen LogP contribution in [0.2, 0.25) is 0 Å². The number of Topliss-reactive ketones (excluding diaryl/α,β-unsaturated/α-hetero) is 1. The highest BCUT2D eigenvalue weighted by Crippen LogP contribution is 2.24. The highest BCUT2D eigenvalue weighted by molar-refractivity contribution is 5.98. The Bertz CT molecular complexity index is 712. The van der Waals surface area contributed by atoms with Gasteiger partial charge in [-0.05, 0) is 55.2 Å². The van der Waals surface area contributed by atoms with Gasteiger partial charge in [0.1, 0.15) is 0 Å². The van der Waals surface area contributed by atoms with Gasteiger partial charge in [-0.1, -0.05) is 31.9 Å². The second kappa shape index (κ2) is 9.16. The molecule has 1 fully saturated rings. The van der Waals surface area contributed by atoms with E-state index in [2.05, 4.69) is 12.2 Å². The van der Waals surface area contributed by atoms with Crippen LogP contribution in [0.15, 0.2) is 18.2 Å². The molecule has 0 spiro atoms. The number of hydrogen-bond acceptors (Lipinski definition) is 4. The Morgan fingerprint density at radius 3 is 2.63 bits per heavy atom. The molecule has 2 atom stereocenters. The number of aryl methyl sites for hydroxylation is 2.